The second kappa shape index (κ2) is 4.13. The van der Waals surface area contributed by atoms with Gasteiger partial charge in [0, 0.05) is 17.8 Å². The summed E-state index contributed by atoms with van der Waals surface area (Å²) < 4.78 is 26.3. The molecule has 1 heterocycles. The summed E-state index contributed by atoms with van der Waals surface area (Å²) in [6.45, 7) is 0. The molecule has 2 nitrogen and oxygen atoms in total. The van der Waals surface area contributed by atoms with Gasteiger partial charge in [-0.25, -0.2) is 8.78 Å². The zero-order valence-corrected chi connectivity index (χ0v) is 10.0. The van der Waals surface area contributed by atoms with E-state index >= 15 is 0 Å². The van der Waals surface area contributed by atoms with E-state index in [0.29, 0.717) is 11.3 Å². The highest BCUT2D eigenvalue weighted by atomic mass is 19.1. The summed E-state index contributed by atoms with van der Waals surface area (Å²) in [7, 11) is 0. The van der Waals surface area contributed by atoms with Gasteiger partial charge in [-0.1, -0.05) is 6.07 Å². The maximum atomic E-state index is 13.1. The van der Waals surface area contributed by atoms with Crippen molar-refractivity contribution in [3.05, 3.63) is 53.7 Å². The van der Waals surface area contributed by atoms with E-state index in [-0.39, 0.29) is 0 Å². The lowest BCUT2D eigenvalue weighted by atomic mass is 9.99. The molecule has 1 saturated carbocycles. The molecule has 0 spiro atoms. The quantitative estimate of drug-likeness (QED) is 0.823. The molecule has 1 aromatic carbocycles. The fraction of sp³-hybridized carbons (Fsp3) is 0.200. The van der Waals surface area contributed by atoms with E-state index < -0.39 is 17.0 Å². The maximum Gasteiger partial charge on any atom is 0.126 e. The van der Waals surface area contributed by atoms with Crippen LogP contribution in [0.2, 0.25) is 0 Å². The maximum absolute atomic E-state index is 13.1. The Bertz CT molecular complexity index is 647. The monoisotopic (exact) mass is 256 g/mol. The van der Waals surface area contributed by atoms with Crippen molar-refractivity contribution in [2.45, 2.75) is 18.3 Å². The standard InChI is InChI=1S/C15H10F2N2/c16-12-5-10(6-13(17)7-12)14-2-1-11(8-19-14)15(9-18)3-4-15/h1-2,5-8H,3-4H2. The normalized spacial score (nSPS) is 15.8. The van der Waals surface area contributed by atoms with Gasteiger partial charge >= 0.3 is 0 Å². The minimum atomic E-state index is -0.628. The molecule has 0 unspecified atom stereocenters. The van der Waals surface area contributed by atoms with Crippen molar-refractivity contribution in [3.8, 4) is 17.3 Å². The minimum Gasteiger partial charge on any atom is -0.256 e. The first-order valence-corrected chi connectivity index (χ1v) is 5.97. The van der Waals surface area contributed by atoms with Gasteiger partial charge in [-0.2, -0.15) is 5.26 Å². The molecular formula is C15H10F2N2. The van der Waals surface area contributed by atoms with E-state index in [1.54, 1.807) is 18.3 Å². The highest BCUT2D eigenvalue weighted by molar-refractivity contribution is 5.59. The molecule has 94 valence electrons. The van der Waals surface area contributed by atoms with Crippen LogP contribution in [-0.4, -0.2) is 4.98 Å². The van der Waals surface area contributed by atoms with Gasteiger partial charge in [-0.15, -0.1) is 0 Å². The number of rotatable bonds is 2. The first-order chi connectivity index (χ1) is 9.13. The average molecular weight is 256 g/mol. The predicted molar refractivity (Wildman–Crippen MR) is 66.1 cm³/mol. The van der Waals surface area contributed by atoms with Gasteiger partial charge in [0.05, 0.1) is 17.2 Å². The largest absolute Gasteiger partial charge is 0.256 e. The number of nitrogens with zero attached hydrogens (tertiary/aromatic N) is 2. The van der Waals surface area contributed by atoms with Crippen LogP contribution in [-0.2, 0) is 5.41 Å². The summed E-state index contributed by atoms with van der Waals surface area (Å²) in [5.74, 6) is -1.26. The lowest BCUT2D eigenvalue weighted by molar-refractivity contribution is 0.584. The second-order valence-corrected chi connectivity index (χ2v) is 4.78. The van der Waals surface area contributed by atoms with E-state index in [0.717, 1.165) is 24.5 Å². The van der Waals surface area contributed by atoms with Gasteiger partial charge in [0.1, 0.15) is 11.6 Å². The van der Waals surface area contributed by atoms with Crippen LogP contribution >= 0.6 is 0 Å². The number of hydrogen-bond acceptors (Lipinski definition) is 2. The number of benzene rings is 1. The van der Waals surface area contributed by atoms with Crippen molar-refractivity contribution < 1.29 is 8.78 Å². The van der Waals surface area contributed by atoms with Crippen molar-refractivity contribution in [1.29, 1.82) is 5.26 Å². The Morgan fingerprint density at radius 2 is 1.79 bits per heavy atom. The van der Waals surface area contributed by atoms with Crippen molar-refractivity contribution in [2.75, 3.05) is 0 Å². The molecule has 0 atom stereocenters. The molecule has 1 aliphatic carbocycles. The van der Waals surface area contributed by atoms with Gasteiger partial charge in [0.15, 0.2) is 0 Å². The van der Waals surface area contributed by atoms with Crippen molar-refractivity contribution in [3.63, 3.8) is 0 Å². The van der Waals surface area contributed by atoms with E-state index in [4.69, 9.17) is 5.26 Å². The molecule has 2 aromatic rings. The molecule has 4 heteroatoms. The third-order valence-corrected chi connectivity index (χ3v) is 3.44. The van der Waals surface area contributed by atoms with Crippen molar-refractivity contribution in [2.24, 2.45) is 0 Å². The molecule has 0 N–H and O–H groups in total. The third-order valence-electron chi connectivity index (χ3n) is 3.44. The van der Waals surface area contributed by atoms with Gasteiger partial charge in [0.25, 0.3) is 0 Å². The highest BCUT2D eigenvalue weighted by Crippen LogP contribution is 2.47. The summed E-state index contributed by atoms with van der Waals surface area (Å²) in [5, 5.41) is 9.09. The number of halogens is 2. The Balaban J connectivity index is 1.97. The average Bonchev–Trinajstić information content (AvgIpc) is 3.19. The Morgan fingerprint density at radius 3 is 2.26 bits per heavy atom. The summed E-state index contributed by atoms with van der Waals surface area (Å²) in [6.07, 6.45) is 3.31. The summed E-state index contributed by atoms with van der Waals surface area (Å²) in [6, 6.07) is 9.09. The molecule has 1 fully saturated rings. The van der Waals surface area contributed by atoms with E-state index in [2.05, 4.69) is 11.1 Å². The number of hydrogen-bond donors (Lipinski definition) is 0. The highest BCUT2D eigenvalue weighted by Gasteiger charge is 2.45. The summed E-state index contributed by atoms with van der Waals surface area (Å²) in [4.78, 5) is 4.20. The lowest BCUT2D eigenvalue weighted by Crippen LogP contribution is -2.03. The topological polar surface area (TPSA) is 36.7 Å². The molecule has 0 bridgehead atoms. The smallest absolute Gasteiger partial charge is 0.126 e. The number of pyridine rings is 1. The zero-order valence-electron chi connectivity index (χ0n) is 10.0. The van der Waals surface area contributed by atoms with E-state index in [9.17, 15) is 8.78 Å². The van der Waals surface area contributed by atoms with Gasteiger partial charge < -0.3 is 0 Å². The van der Waals surface area contributed by atoms with E-state index in [1.165, 1.54) is 12.1 Å². The van der Waals surface area contributed by atoms with Crippen molar-refractivity contribution in [1.82, 2.24) is 4.98 Å². The molecule has 0 saturated heterocycles. The SMILES string of the molecule is N#CC1(c2ccc(-c3cc(F)cc(F)c3)nc2)CC1. The van der Waals surface area contributed by atoms with Gasteiger partial charge in [-0.3, -0.25) is 4.98 Å². The molecular weight excluding hydrogens is 246 g/mol. The fourth-order valence-corrected chi connectivity index (χ4v) is 2.14. The van der Waals surface area contributed by atoms with Crippen LogP contribution in [0.15, 0.2) is 36.5 Å². The molecule has 0 aliphatic heterocycles. The fourth-order valence-electron chi connectivity index (χ4n) is 2.14. The van der Waals surface area contributed by atoms with Gasteiger partial charge in [-0.05, 0) is 36.6 Å². The molecule has 1 aromatic heterocycles. The number of aromatic nitrogens is 1. The molecule has 1 aliphatic rings. The zero-order chi connectivity index (χ0) is 13.5. The summed E-state index contributed by atoms with van der Waals surface area (Å²) in [5.41, 5.74) is 1.37. The predicted octanol–water partition coefficient (Wildman–Crippen LogP) is 3.58. The van der Waals surface area contributed by atoms with Crippen LogP contribution < -0.4 is 0 Å². The Labute approximate surface area is 109 Å². The van der Waals surface area contributed by atoms with Crippen LogP contribution in [0.25, 0.3) is 11.3 Å². The van der Waals surface area contributed by atoms with Crippen LogP contribution in [0, 0.1) is 23.0 Å². The Morgan fingerprint density at radius 1 is 1.11 bits per heavy atom. The Hall–Kier alpha value is -2.28. The minimum absolute atomic E-state index is 0.390. The number of nitriles is 1. The first kappa shape index (κ1) is 11.8. The lowest BCUT2D eigenvalue weighted by Gasteiger charge is -2.07. The van der Waals surface area contributed by atoms with E-state index in [1.807, 2.05) is 0 Å². The van der Waals surface area contributed by atoms with Crippen LogP contribution in [0.1, 0.15) is 18.4 Å². The molecule has 0 radical (unpaired) electrons. The summed E-state index contributed by atoms with van der Waals surface area (Å²) >= 11 is 0. The third kappa shape index (κ3) is 2.08. The molecule has 19 heavy (non-hydrogen) atoms. The first-order valence-electron chi connectivity index (χ1n) is 5.97. The Kier molecular flexibility index (Phi) is 2.56. The molecule has 3 rings (SSSR count). The van der Waals surface area contributed by atoms with Crippen molar-refractivity contribution >= 4 is 0 Å². The van der Waals surface area contributed by atoms with Crippen LogP contribution in [0.5, 0.6) is 0 Å². The molecule has 0 amide bonds. The van der Waals surface area contributed by atoms with Crippen LogP contribution in [0.4, 0.5) is 8.78 Å². The van der Waals surface area contributed by atoms with Gasteiger partial charge in [0.2, 0.25) is 0 Å². The van der Waals surface area contributed by atoms with Crippen LogP contribution in [0.3, 0.4) is 0 Å². The second-order valence-electron chi connectivity index (χ2n) is 4.78.